The largest absolute Gasteiger partial charge is 0.548 e. The van der Waals surface area contributed by atoms with Crippen LogP contribution in [0.2, 0.25) is 0 Å². The zero-order valence-electron chi connectivity index (χ0n) is 22.2. The van der Waals surface area contributed by atoms with Crippen LogP contribution in [0.3, 0.4) is 0 Å². The smallest absolute Gasteiger partial charge is 0.422 e. The number of ether oxygens (including phenoxy) is 3. The summed E-state index contributed by atoms with van der Waals surface area (Å²) in [6.45, 7) is 12.4. The summed E-state index contributed by atoms with van der Waals surface area (Å²) in [5, 5.41) is 12.3. The second kappa shape index (κ2) is 12.1. The van der Waals surface area contributed by atoms with Gasteiger partial charge in [-0.1, -0.05) is 12.1 Å². The van der Waals surface area contributed by atoms with Crippen LogP contribution in [0.1, 0.15) is 55.4 Å². The molecule has 0 aliphatic heterocycles. The van der Waals surface area contributed by atoms with Crippen LogP contribution in [0.25, 0.3) is 11.1 Å². The van der Waals surface area contributed by atoms with Crippen molar-refractivity contribution in [3.8, 4) is 11.1 Å². The third-order valence-electron chi connectivity index (χ3n) is 4.14. The van der Waals surface area contributed by atoms with Crippen LogP contribution < -0.4 is 19.5 Å². The molecule has 208 valence electrons. The lowest BCUT2D eigenvalue weighted by Gasteiger charge is -2.31. The lowest BCUT2D eigenvalue weighted by atomic mass is 9.91. The molecular formula is C23H34N3O10S-. The maximum absolute atomic E-state index is 12.5. The van der Waals surface area contributed by atoms with Crippen molar-refractivity contribution in [2.75, 3.05) is 17.5 Å². The molecule has 1 unspecified atom stereocenters. The average Bonchev–Trinajstić information content (AvgIpc) is 2.65. The molecule has 2 N–H and O–H groups in total. The molecule has 2 rings (SSSR count). The first kappa shape index (κ1) is 31.5. The van der Waals surface area contributed by atoms with E-state index in [2.05, 4.69) is 5.32 Å². The van der Waals surface area contributed by atoms with Crippen molar-refractivity contribution in [3.05, 3.63) is 18.2 Å². The molecule has 14 heteroatoms. The van der Waals surface area contributed by atoms with E-state index in [9.17, 15) is 32.7 Å². The first-order valence-electron chi connectivity index (χ1n) is 11.3. The van der Waals surface area contributed by atoms with E-state index in [-0.39, 0.29) is 6.61 Å². The molecular weight excluding hydrogens is 510 g/mol. The molecule has 0 saturated heterocycles. The molecule has 0 fully saturated rings. The van der Waals surface area contributed by atoms with Gasteiger partial charge in [0.1, 0.15) is 17.7 Å². The van der Waals surface area contributed by atoms with Gasteiger partial charge in [-0.15, -0.1) is 0 Å². The minimum absolute atomic E-state index is 0.124. The quantitative estimate of drug-likeness (QED) is 0.365. The lowest BCUT2D eigenvalue weighted by Crippen LogP contribution is -2.48. The van der Waals surface area contributed by atoms with Gasteiger partial charge in [-0.2, -0.15) is 8.42 Å². The summed E-state index contributed by atoms with van der Waals surface area (Å²) >= 11 is 0. The molecule has 2 aliphatic rings. The third kappa shape index (κ3) is 10.5. The number of rotatable bonds is 8. The molecule has 0 aromatic carbocycles. The Bertz CT molecular complexity index is 1120. The number of anilines is 1. The lowest BCUT2D eigenvalue weighted by molar-refractivity contribution is -0.307. The van der Waals surface area contributed by atoms with Crippen molar-refractivity contribution >= 4 is 40.0 Å². The summed E-state index contributed by atoms with van der Waals surface area (Å²) in [7, 11) is -4.32. The summed E-state index contributed by atoms with van der Waals surface area (Å²) < 4.78 is 42.2. The number of esters is 1. The third-order valence-corrected chi connectivity index (χ3v) is 5.47. The molecule has 2 aliphatic carbocycles. The van der Waals surface area contributed by atoms with E-state index in [1.165, 1.54) is 6.92 Å². The number of carbonyl (C=O) groups excluding carboxylic acids is 4. The highest BCUT2D eigenvalue weighted by molar-refractivity contribution is 7.91. The van der Waals surface area contributed by atoms with Crippen LogP contribution in [-0.4, -0.2) is 62.9 Å². The van der Waals surface area contributed by atoms with E-state index >= 15 is 0 Å². The number of hydrogen-bond acceptors (Lipinski definition) is 10. The van der Waals surface area contributed by atoms with Gasteiger partial charge in [-0.05, 0) is 67.0 Å². The van der Waals surface area contributed by atoms with Gasteiger partial charge in [0.15, 0.2) is 0 Å². The Hall–Kier alpha value is -3.55. The molecule has 0 bridgehead atoms. The second-order valence-corrected chi connectivity index (χ2v) is 11.4. The van der Waals surface area contributed by atoms with E-state index in [0.29, 0.717) is 11.3 Å². The molecule has 37 heavy (non-hydrogen) atoms. The van der Waals surface area contributed by atoms with Crippen molar-refractivity contribution in [2.45, 2.75) is 72.6 Å². The van der Waals surface area contributed by atoms with Gasteiger partial charge in [-0.3, -0.25) is 4.79 Å². The number of carboxylic acids is 1. The Balaban J connectivity index is 0.000000448. The number of alkyl carbamates (subject to hydrolysis) is 1. The summed E-state index contributed by atoms with van der Waals surface area (Å²) in [5.74, 6) is -2.06. The van der Waals surface area contributed by atoms with Gasteiger partial charge in [-0.25, -0.2) is 18.6 Å². The van der Waals surface area contributed by atoms with Crippen molar-refractivity contribution in [2.24, 2.45) is 0 Å². The Morgan fingerprint density at radius 2 is 1.54 bits per heavy atom. The highest BCUT2D eigenvalue weighted by atomic mass is 32.2. The Labute approximate surface area is 216 Å². The molecule has 0 radical (unpaired) electrons. The van der Waals surface area contributed by atoms with E-state index in [1.807, 2.05) is 10.8 Å². The highest BCUT2D eigenvalue weighted by Gasteiger charge is 2.34. The number of carboxylic acid groups (broad SMARTS) is 1. The number of fused-ring (bicyclic) bond motifs is 1. The summed E-state index contributed by atoms with van der Waals surface area (Å²) in [6.07, 6.45) is -1.88. The van der Waals surface area contributed by atoms with Gasteiger partial charge in [0, 0.05) is 5.56 Å². The standard InChI is InChI=1S/C15H20N2O6S.C8H15NO4/c1-5-22-13(18)9-17(12-8-10-6-7-11(10)12)24(20,21)16-14(19)23-15(2,3)4;1-5(6(10)11)9-7(12)13-8(2,3)4/h6-8H,5,9H2,1-4H3,(H,16,19);5H,1-4H3,(H,9,12)(H,10,11)/p-1. The van der Waals surface area contributed by atoms with E-state index in [1.54, 1.807) is 60.6 Å². The number of aliphatic carboxylic acids is 1. The predicted molar refractivity (Wildman–Crippen MR) is 132 cm³/mol. The topological polar surface area (TPSA) is 180 Å². The first-order chi connectivity index (χ1) is 16.8. The van der Waals surface area contributed by atoms with Crippen LogP contribution in [0.4, 0.5) is 15.3 Å². The van der Waals surface area contributed by atoms with Gasteiger partial charge in [0.2, 0.25) is 0 Å². The molecule has 0 saturated carbocycles. The monoisotopic (exact) mass is 544 g/mol. The van der Waals surface area contributed by atoms with Gasteiger partial charge in [0.05, 0.1) is 24.3 Å². The fourth-order valence-electron chi connectivity index (χ4n) is 2.60. The summed E-state index contributed by atoms with van der Waals surface area (Å²) in [5.41, 5.74) is 0.459. The Kier molecular flexibility index (Phi) is 10.3. The van der Waals surface area contributed by atoms with Crippen molar-refractivity contribution < 1.29 is 46.9 Å². The van der Waals surface area contributed by atoms with Crippen LogP contribution >= 0.6 is 0 Å². The number of nitrogens with one attached hydrogen (secondary N) is 2. The van der Waals surface area contributed by atoms with Crippen LogP contribution in [0.15, 0.2) is 18.2 Å². The highest BCUT2D eigenvalue weighted by Crippen LogP contribution is 2.44. The molecule has 0 heterocycles. The summed E-state index contributed by atoms with van der Waals surface area (Å²) in [4.78, 5) is 44.7. The maximum Gasteiger partial charge on any atom is 0.422 e. The minimum Gasteiger partial charge on any atom is -0.548 e. The molecule has 2 amide bonds. The number of hydrogen-bond donors (Lipinski definition) is 2. The average molecular weight is 545 g/mol. The normalized spacial score (nSPS) is 12.6. The van der Waals surface area contributed by atoms with Gasteiger partial charge < -0.3 is 29.4 Å². The zero-order valence-corrected chi connectivity index (χ0v) is 23.0. The number of amides is 2. The van der Waals surface area contributed by atoms with Gasteiger partial charge >= 0.3 is 28.4 Å². The van der Waals surface area contributed by atoms with Crippen molar-refractivity contribution in [1.82, 2.24) is 10.0 Å². The fourth-order valence-corrected chi connectivity index (χ4v) is 3.65. The molecule has 0 aromatic heterocycles. The van der Waals surface area contributed by atoms with E-state index in [4.69, 9.17) is 14.2 Å². The Morgan fingerprint density at radius 3 is 1.92 bits per heavy atom. The van der Waals surface area contributed by atoms with E-state index in [0.717, 1.165) is 9.87 Å². The number of nitrogens with zero attached hydrogens (tertiary/aromatic N) is 1. The summed E-state index contributed by atoms with van der Waals surface area (Å²) in [6, 6.07) is 4.11. The fraction of sp³-hybridized carbons (Fsp3) is 0.565. The predicted octanol–water partition coefficient (Wildman–Crippen LogP) is 1.46. The number of carbonyl (C=O) groups is 4. The van der Waals surface area contributed by atoms with Crippen LogP contribution in [-0.2, 0) is 34.0 Å². The second-order valence-electron chi connectivity index (χ2n) is 9.84. The molecule has 0 aromatic rings. The van der Waals surface area contributed by atoms with Crippen LogP contribution in [0.5, 0.6) is 0 Å². The Morgan fingerprint density at radius 1 is 1.00 bits per heavy atom. The van der Waals surface area contributed by atoms with Crippen LogP contribution in [0, 0.1) is 0 Å². The molecule has 0 spiro atoms. The SMILES string of the molecule is CC(NC(=O)OC(C)(C)C)C(=O)[O-].CCOC(=O)CN(c1cc2ccc1-2)S(=O)(=O)NC(=O)OC(C)(C)C. The minimum atomic E-state index is -4.32. The number of benzene rings is 1. The van der Waals surface area contributed by atoms with Crippen molar-refractivity contribution in [1.29, 1.82) is 0 Å². The van der Waals surface area contributed by atoms with Crippen molar-refractivity contribution in [3.63, 3.8) is 0 Å². The maximum atomic E-state index is 12.5. The zero-order chi connectivity index (χ0) is 28.8. The first-order valence-corrected chi connectivity index (χ1v) is 12.7. The van der Waals surface area contributed by atoms with Gasteiger partial charge in [0.25, 0.3) is 0 Å². The molecule has 13 nitrogen and oxygen atoms in total. The van der Waals surface area contributed by atoms with E-state index < -0.39 is 58.1 Å². The molecule has 1 atom stereocenters.